The topological polar surface area (TPSA) is 38.3 Å². The number of nitrogens with one attached hydrogen (secondary N) is 1. The van der Waals surface area contributed by atoms with Gasteiger partial charge in [-0.05, 0) is 59.0 Å². The fourth-order valence-corrected chi connectivity index (χ4v) is 1.79. The van der Waals surface area contributed by atoms with Crippen molar-refractivity contribution in [1.82, 2.24) is 0 Å². The van der Waals surface area contributed by atoms with Crippen LogP contribution in [0.25, 0.3) is 0 Å². The molecule has 0 aromatic heterocycles. The normalized spacial score (nSPS) is 10.0. The van der Waals surface area contributed by atoms with Gasteiger partial charge >= 0.3 is 0 Å². The van der Waals surface area contributed by atoms with Crippen LogP contribution in [0.4, 0.5) is 10.1 Å². The number of ether oxygens (including phenoxy) is 1. The number of halogens is 2. The molecule has 0 atom stereocenters. The maximum absolute atomic E-state index is 13.3. The highest BCUT2D eigenvalue weighted by Crippen LogP contribution is 2.15. The first-order chi connectivity index (χ1) is 9.15. The van der Waals surface area contributed by atoms with Crippen LogP contribution >= 0.6 is 22.6 Å². The van der Waals surface area contributed by atoms with E-state index in [1.54, 1.807) is 24.3 Å². The fraction of sp³-hybridized carbons (Fsp3) is 0.0714. The van der Waals surface area contributed by atoms with Gasteiger partial charge in [0.2, 0.25) is 0 Å². The number of amides is 1. The smallest absolute Gasteiger partial charge is 0.262 e. The lowest BCUT2D eigenvalue weighted by Crippen LogP contribution is -2.20. The van der Waals surface area contributed by atoms with Crippen LogP contribution in [0.5, 0.6) is 5.75 Å². The molecule has 1 amide bonds. The van der Waals surface area contributed by atoms with Crippen LogP contribution in [0.1, 0.15) is 0 Å². The Morgan fingerprint density at radius 1 is 1.16 bits per heavy atom. The Kier molecular flexibility index (Phi) is 4.73. The third kappa shape index (κ3) is 4.20. The first kappa shape index (κ1) is 13.8. The van der Waals surface area contributed by atoms with E-state index in [9.17, 15) is 9.18 Å². The summed E-state index contributed by atoms with van der Waals surface area (Å²) in [6.07, 6.45) is 0. The molecule has 0 spiro atoms. The number of para-hydroxylation sites is 1. The molecule has 19 heavy (non-hydrogen) atoms. The maximum atomic E-state index is 13.3. The molecule has 0 aliphatic heterocycles. The minimum atomic E-state index is -0.482. The molecule has 0 fully saturated rings. The van der Waals surface area contributed by atoms with Crippen molar-refractivity contribution in [3.63, 3.8) is 0 Å². The van der Waals surface area contributed by atoms with Gasteiger partial charge < -0.3 is 10.1 Å². The van der Waals surface area contributed by atoms with Crippen LogP contribution in [0.2, 0.25) is 0 Å². The molecule has 1 N–H and O–H groups in total. The van der Waals surface area contributed by atoms with Gasteiger partial charge in [-0.1, -0.05) is 12.1 Å². The molecule has 3 nitrogen and oxygen atoms in total. The van der Waals surface area contributed by atoms with Crippen LogP contribution in [0.15, 0.2) is 48.5 Å². The van der Waals surface area contributed by atoms with Gasteiger partial charge in [0.15, 0.2) is 18.2 Å². The lowest BCUT2D eigenvalue weighted by molar-refractivity contribution is -0.118. The summed E-state index contributed by atoms with van der Waals surface area (Å²) in [5.41, 5.74) is 0.683. The molecule has 0 heterocycles. The minimum absolute atomic E-state index is 0.0697. The molecule has 0 radical (unpaired) electrons. The zero-order chi connectivity index (χ0) is 13.7. The molecule has 0 saturated heterocycles. The molecule has 0 aliphatic rings. The van der Waals surface area contributed by atoms with Crippen molar-refractivity contribution in [2.75, 3.05) is 11.9 Å². The summed E-state index contributed by atoms with van der Waals surface area (Å²) >= 11 is 2.18. The monoisotopic (exact) mass is 371 g/mol. The molecule has 0 bridgehead atoms. The average molecular weight is 371 g/mol. The predicted octanol–water partition coefficient (Wildman–Crippen LogP) is 3.45. The van der Waals surface area contributed by atoms with E-state index in [1.807, 2.05) is 12.1 Å². The van der Waals surface area contributed by atoms with Crippen LogP contribution in [-0.2, 0) is 4.79 Å². The number of hydrogen-bond acceptors (Lipinski definition) is 2. The number of hydrogen-bond donors (Lipinski definition) is 1. The molecule has 0 unspecified atom stereocenters. The van der Waals surface area contributed by atoms with Crippen molar-refractivity contribution < 1.29 is 13.9 Å². The molecule has 0 saturated carbocycles. The number of rotatable bonds is 4. The fourth-order valence-electron chi connectivity index (χ4n) is 1.44. The summed E-state index contributed by atoms with van der Waals surface area (Å²) in [7, 11) is 0. The Bertz CT molecular complexity index is 572. The van der Waals surface area contributed by atoms with Gasteiger partial charge in [0, 0.05) is 9.26 Å². The molecular weight excluding hydrogens is 360 g/mol. The lowest BCUT2D eigenvalue weighted by Gasteiger charge is -2.08. The molecule has 98 valence electrons. The lowest BCUT2D eigenvalue weighted by atomic mass is 10.3. The quantitative estimate of drug-likeness (QED) is 0.837. The van der Waals surface area contributed by atoms with Crippen molar-refractivity contribution >= 4 is 34.2 Å². The summed E-state index contributed by atoms with van der Waals surface area (Å²) in [5, 5.41) is 2.67. The molecule has 5 heteroatoms. The molecule has 2 aromatic rings. The van der Waals surface area contributed by atoms with E-state index in [1.165, 1.54) is 12.1 Å². The van der Waals surface area contributed by atoms with E-state index in [0.29, 0.717) is 5.69 Å². The van der Waals surface area contributed by atoms with E-state index < -0.39 is 5.82 Å². The second-order valence-corrected chi connectivity index (χ2v) is 5.02. The largest absolute Gasteiger partial charge is 0.481 e. The third-order valence-corrected chi connectivity index (χ3v) is 3.04. The summed E-state index contributed by atoms with van der Waals surface area (Å²) in [4.78, 5) is 11.6. The van der Waals surface area contributed by atoms with Crippen LogP contribution in [0, 0.1) is 9.39 Å². The number of carbonyl (C=O) groups excluding carboxylic acids is 1. The van der Waals surface area contributed by atoms with Crippen molar-refractivity contribution in [2.45, 2.75) is 0 Å². The van der Waals surface area contributed by atoms with E-state index in [2.05, 4.69) is 27.9 Å². The highest BCUT2D eigenvalue weighted by Gasteiger charge is 2.06. The standard InChI is InChI=1S/C14H11FINO2/c15-12-3-1-2-4-13(12)19-9-14(18)17-11-7-5-10(16)6-8-11/h1-8H,9H2,(H,17,18). The maximum Gasteiger partial charge on any atom is 0.262 e. The van der Waals surface area contributed by atoms with Crippen molar-refractivity contribution in [2.24, 2.45) is 0 Å². The highest BCUT2D eigenvalue weighted by atomic mass is 127. The Labute approximate surface area is 123 Å². The van der Waals surface area contributed by atoms with Crippen LogP contribution < -0.4 is 10.1 Å². The summed E-state index contributed by atoms with van der Waals surface area (Å²) in [5.74, 6) is -0.741. The molecule has 0 aliphatic carbocycles. The zero-order valence-corrected chi connectivity index (χ0v) is 12.1. The Morgan fingerprint density at radius 3 is 2.53 bits per heavy atom. The second kappa shape index (κ2) is 6.51. The van der Waals surface area contributed by atoms with Crippen molar-refractivity contribution in [1.29, 1.82) is 0 Å². The highest BCUT2D eigenvalue weighted by molar-refractivity contribution is 14.1. The summed E-state index contributed by atoms with van der Waals surface area (Å²) < 4.78 is 19.4. The summed E-state index contributed by atoms with van der Waals surface area (Å²) in [6.45, 7) is -0.229. The molecule has 2 aromatic carbocycles. The molecular formula is C14H11FINO2. The van der Waals surface area contributed by atoms with Gasteiger partial charge in [-0.2, -0.15) is 0 Å². The van der Waals surface area contributed by atoms with Gasteiger partial charge in [-0.25, -0.2) is 4.39 Å². The van der Waals surface area contributed by atoms with E-state index >= 15 is 0 Å². The van der Waals surface area contributed by atoms with Gasteiger partial charge in [0.1, 0.15) is 0 Å². The third-order valence-electron chi connectivity index (χ3n) is 2.32. The number of carbonyl (C=O) groups is 1. The van der Waals surface area contributed by atoms with Crippen LogP contribution in [0.3, 0.4) is 0 Å². The SMILES string of the molecule is O=C(COc1ccccc1F)Nc1ccc(I)cc1. The summed E-state index contributed by atoms with van der Waals surface area (Å²) in [6, 6.07) is 13.3. The Balaban J connectivity index is 1.88. The average Bonchev–Trinajstić information content (AvgIpc) is 2.40. The van der Waals surface area contributed by atoms with E-state index in [4.69, 9.17) is 4.74 Å². The van der Waals surface area contributed by atoms with Crippen molar-refractivity contribution in [3.8, 4) is 5.75 Å². The second-order valence-electron chi connectivity index (χ2n) is 3.77. The van der Waals surface area contributed by atoms with Gasteiger partial charge in [0.05, 0.1) is 0 Å². The van der Waals surface area contributed by atoms with Gasteiger partial charge in [-0.3, -0.25) is 4.79 Å². The van der Waals surface area contributed by atoms with E-state index in [0.717, 1.165) is 3.57 Å². The Hall–Kier alpha value is -1.63. The van der Waals surface area contributed by atoms with E-state index in [-0.39, 0.29) is 18.3 Å². The molecule has 2 rings (SSSR count). The first-order valence-electron chi connectivity index (χ1n) is 5.58. The van der Waals surface area contributed by atoms with Crippen LogP contribution in [-0.4, -0.2) is 12.5 Å². The van der Waals surface area contributed by atoms with Crippen molar-refractivity contribution in [3.05, 3.63) is 57.9 Å². The van der Waals surface area contributed by atoms with Gasteiger partial charge in [0.25, 0.3) is 5.91 Å². The Morgan fingerprint density at radius 2 is 1.84 bits per heavy atom. The first-order valence-corrected chi connectivity index (χ1v) is 6.66. The number of benzene rings is 2. The number of anilines is 1. The van der Waals surface area contributed by atoms with Gasteiger partial charge in [-0.15, -0.1) is 0 Å². The minimum Gasteiger partial charge on any atom is -0.481 e. The predicted molar refractivity (Wildman–Crippen MR) is 79.7 cm³/mol. The zero-order valence-electron chi connectivity index (χ0n) is 9.90.